The third-order valence-corrected chi connectivity index (χ3v) is 4.85. The average molecular weight is 348 g/mol. The maximum Gasteiger partial charge on any atom is 0.129 e. The van der Waals surface area contributed by atoms with Crippen LogP contribution in [0, 0.1) is 6.92 Å². The monoisotopic (exact) mass is 347 g/mol. The van der Waals surface area contributed by atoms with E-state index in [-0.39, 0.29) is 0 Å². The van der Waals surface area contributed by atoms with Crippen molar-refractivity contribution in [2.24, 2.45) is 7.05 Å². The summed E-state index contributed by atoms with van der Waals surface area (Å²) < 4.78 is 2.83. The van der Waals surface area contributed by atoms with Gasteiger partial charge in [-0.25, -0.2) is 0 Å². The number of halogens is 1. The molecule has 0 aliphatic heterocycles. The SMILES string of the molecule is Cc1ccccc1-c1c(-c2csc(Br)c2)nn(C)c1N. The molecule has 0 unspecified atom stereocenters. The number of nitrogens with zero attached hydrogens (tertiary/aromatic N) is 2. The van der Waals surface area contributed by atoms with Crippen LogP contribution in [0.15, 0.2) is 39.5 Å². The number of rotatable bonds is 2. The van der Waals surface area contributed by atoms with Crippen LogP contribution in [-0.2, 0) is 7.05 Å². The van der Waals surface area contributed by atoms with Crippen molar-refractivity contribution in [3.8, 4) is 22.4 Å². The molecule has 20 heavy (non-hydrogen) atoms. The van der Waals surface area contributed by atoms with E-state index in [9.17, 15) is 0 Å². The standard InChI is InChI=1S/C15H14BrN3S/c1-9-5-3-4-6-11(9)13-14(18-19(2)15(13)17)10-7-12(16)20-8-10/h3-8H,17H2,1-2H3. The van der Waals surface area contributed by atoms with Crippen molar-refractivity contribution >= 4 is 33.1 Å². The summed E-state index contributed by atoms with van der Waals surface area (Å²) in [6.07, 6.45) is 0. The largest absolute Gasteiger partial charge is 0.383 e. The Kier molecular flexibility index (Phi) is 3.40. The highest BCUT2D eigenvalue weighted by molar-refractivity contribution is 9.11. The molecule has 2 aromatic heterocycles. The summed E-state index contributed by atoms with van der Waals surface area (Å²) in [5.41, 5.74) is 11.6. The number of hydrogen-bond acceptors (Lipinski definition) is 3. The van der Waals surface area contributed by atoms with Gasteiger partial charge < -0.3 is 5.73 Å². The molecular formula is C15H14BrN3S. The van der Waals surface area contributed by atoms with Gasteiger partial charge in [0.25, 0.3) is 0 Å². The van der Waals surface area contributed by atoms with Gasteiger partial charge in [-0.15, -0.1) is 11.3 Å². The zero-order valence-electron chi connectivity index (χ0n) is 11.2. The number of aromatic nitrogens is 2. The number of anilines is 1. The van der Waals surface area contributed by atoms with Crippen molar-refractivity contribution in [3.05, 3.63) is 45.1 Å². The minimum absolute atomic E-state index is 0.691. The van der Waals surface area contributed by atoms with E-state index >= 15 is 0 Å². The second-order valence-electron chi connectivity index (χ2n) is 4.69. The lowest BCUT2D eigenvalue weighted by molar-refractivity contribution is 0.782. The second kappa shape index (κ2) is 5.07. The molecule has 0 spiro atoms. The highest BCUT2D eigenvalue weighted by atomic mass is 79.9. The third-order valence-electron chi connectivity index (χ3n) is 3.35. The molecule has 2 heterocycles. The minimum atomic E-state index is 0.691. The maximum atomic E-state index is 6.24. The lowest BCUT2D eigenvalue weighted by Crippen LogP contribution is -1.98. The van der Waals surface area contributed by atoms with Crippen LogP contribution >= 0.6 is 27.3 Å². The van der Waals surface area contributed by atoms with Gasteiger partial charge in [-0.2, -0.15) is 5.10 Å². The Morgan fingerprint density at radius 3 is 2.70 bits per heavy atom. The van der Waals surface area contributed by atoms with Crippen LogP contribution in [0.5, 0.6) is 0 Å². The predicted octanol–water partition coefficient (Wildman–Crippen LogP) is 4.47. The van der Waals surface area contributed by atoms with E-state index < -0.39 is 0 Å². The zero-order chi connectivity index (χ0) is 14.3. The first-order chi connectivity index (χ1) is 9.58. The van der Waals surface area contributed by atoms with E-state index in [1.807, 2.05) is 19.2 Å². The van der Waals surface area contributed by atoms with Gasteiger partial charge in [0.1, 0.15) is 11.5 Å². The Balaban J connectivity index is 2.28. The van der Waals surface area contributed by atoms with Crippen LogP contribution < -0.4 is 5.73 Å². The lowest BCUT2D eigenvalue weighted by Gasteiger charge is -2.06. The van der Waals surface area contributed by atoms with Gasteiger partial charge >= 0.3 is 0 Å². The first kappa shape index (κ1) is 13.4. The van der Waals surface area contributed by atoms with Gasteiger partial charge in [-0.3, -0.25) is 4.68 Å². The number of benzene rings is 1. The summed E-state index contributed by atoms with van der Waals surface area (Å²) in [4.78, 5) is 0. The summed E-state index contributed by atoms with van der Waals surface area (Å²) in [6.45, 7) is 2.09. The molecule has 0 bridgehead atoms. The fourth-order valence-electron chi connectivity index (χ4n) is 2.29. The summed E-state index contributed by atoms with van der Waals surface area (Å²) in [6, 6.07) is 10.3. The van der Waals surface area contributed by atoms with Crippen molar-refractivity contribution < 1.29 is 0 Å². The van der Waals surface area contributed by atoms with E-state index in [2.05, 4.69) is 51.5 Å². The Morgan fingerprint density at radius 1 is 1.30 bits per heavy atom. The smallest absolute Gasteiger partial charge is 0.129 e. The molecule has 0 saturated carbocycles. The maximum absolute atomic E-state index is 6.24. The molecule has 0 fully saturated rings. The van der Waals surface area contributed by atoms with Crippen molar-refractivity contribution in [2.75, 3.05) is 5.73 Å². The number of hydrogen-bond donors (Lipinski definition) is 1. The van der Waals surface area contributed by atoms with E-state index in [1.165, 1.54) is 5.56 Å². The summed E-state index contributed by atoms with van der Waals surface area (Å²) >= 11 is 5.15. The lowest BCUT2D eigenvalue weighted by atomic mass is 9.98. The summed E-state index contributed by atoms with van der Waals surface area (Å²) in [5, 5.41) is 6.68. The molecule has 0 saturated heterocycles. The highest BCUT2D eigenvalue weighted by Crippen LogP contribution is 2.39. The van der Waals surface area contributed by atoms with Crippen molar-refractivity contribution in [3.63, 3.8) is 0 Å². The van der Waals surface area contributed by atoms with Crippen LogP contribution in [0.1, 0.15) is 5.56 Å². The Bertz CT molecular complexity index is 773. The fourth-order valence-corrected chi connectivity index (χ4v) is 3.43. The first-order valence-electron chi connectivity index (χ1n) is 6.21. The van der Waals surface area contributed by atoms with Crippen LogP contribution in [0.4, 0.5) is 5.82 Å². The highest BCUT2D eigenvalue weighted by Gasteiger charge is 2.19. The molecule has 3 aromatic rings. The van der Waals surface area contributed by atoms with E-state index in [0.29, 0.717) is 5.82 Å². The molecule has 5 heteroatoms. The number of aryl methyl sites for hydroxylation is 2. The molecule has 0 aliphatic carbocycles. The van der Waals surface area contributed by atoms with Gasteiger partial charge in [0, 0.05) is 18.0 Å². The quantitative estimate of drug-likeness (QED) is 0.743. The van der Waals surface area contributed by atoms with Gasteiger partial charge in [-0.1, -0.05) is 24.3 Å². The Morgan fingerprint density at radius 2 is 2.05 bits per heavy atom. The van der Waals surface area contributed by atoms with E-state index in [0.717, 1.165) is 26.2 Å². The molecule has 0 amide bonds. The van der Waals surface area contributed by atoms with E-state index in [1.54, 1.807) is 16.0 Å². The molecule has 102 valence electrons. The summed E-state index contributed by atoms with van der Waals surface area (Å²) in [5.74, 6) is 0.691. The third kappa shape index (κ3) is 2.17. The van der Waals surface area contributed by atoms with E-state index in [4.69, 9.17) is 5.73 Å². The molecule has 0 radical (unpaired) electrons. The zero-order valence-corrected chi connectivity index (χ0v) is 13.6. The van der Waals surface area contributed by atoms with Gasteiger partial charge in [0.15, 0.2) is 0 Å². The normalized spacial score (nSPS) is 10.9. The van der Waals surface area contributed by atoms with Crippen LogP contribution in [-0.4, -0.2) is 9.78 Å². The topological polar surface area (TPSA) is 43.8 Å². The molecular weight excluding hydrogens is 334 g/mol. The second-order valence-corrected chi connectivity index (χ2v) is 6.98. The van der Waals surface area contributed by atoms with Crippen LogP contribution in [0.2, 0.25) is 0 Å². The number of nitrogens with two attached hydrogens (primary N) is 1. The number of thiophene rings is 1. The van der Waals surface area contributed by atoms with Crippen molar-refractivity contribution in [2.45, 2.75) is 6.92 Å². The van der Waals surface area contributed by atoms with Crippen molar-refractivity contribution in [1.82, 2.24) is 9.78 Å². The van der Waals surface area contributed by atoms with Gasteiger partial charge in [0.2, 0.25) is 0 Å². The Labute approximate surface area is 130 Å². The molecule has 2 N–H and O–H groups in total. The molecule has 0 aliphatic rings. The molecule has 3 rings (SSSR count). The van der Waals surface area contributed by atoms with Gasteiger partial charge in [0.05, 0.1) is 9.35 Å². The Hall–Kier alpha value is -1.59. The first-order valence-corrected chi connectivity index (χ1v) is 7.88. The number of nitrogen functional groups attached to an aromatic ring is 1. The molecule has 1 aromatic carbocycles. The predicted molar refractivity (Wildman–Crippen MR) is 88.8 cm³/mol. The molecule has 3 nitrogen and oxygen atoms in total. The fraction of sp³-hybridized carbons (Fsp3) is 0.133. The van der Waals surface area contributed by atoms with Gasteiger partial charge in [-0.05, 0) is 40.0 Å². The molecule has 0 atom stereocenters. The van der Waals surface area contributed by atoms with Crippen LogP contribution in [0.25, 0.3) is 22.4 Å². The average Bonchev–Trinajstić information content (AvgIpc) is 2.96. The summed E-state index contributed by atoms with van der Waals surface area (Å²) in [7, 11) is 1.88. The van der Waals surface area contributed by atoms with Crippen LogP contribution in [0.3, 0.4) is 0 Å². The minimum Gasteiger partial charge on any atom is -0.383 e. The van der Waals surface area contributed by atoms with Crippen molar-refractivity contribution in [1.29, 1.82) is 0 Å².